The lowest BCUT2D eigenvalue weighted by molar-refractivity contribution is 0.689. The highest BCUT2D eigenvalue weighted by atomic mass is 15.0. The molecule has 3 nitrogen and oxygen atoms in total. The summed E-state index contributed by atoms with van der Waals surface area (Å²) in [6, 6.07) is 9.22. The molecule has 0 bridgehead atoms. The van der Waals surface area contributed by atoms with Crippen molar-refractivity contribution in [1.29, 1.82) is 0 Å². The summed E-state index contributed by atoms with van der Waals surface area (Å²) in [7, 11) is 0. The van der Waals surface area contributed by atoms with E-state index in [-0.39, 0.29) is 0 Å². The van der Waals surface area contributed by atoms with Gasteiger partial charge in [0, 0.05) is 30.7 Å². The van der Waals surface area contributed by atoms with E-state index < -0.39 is 0 Å². The molecule has 1 saturated carbocycles. The summed E-state index contributed by atoms with van der Waals surface area (Å²) >= 11 is 0. The summed E-state index contributed by atoms with van der Waals surface area (Å²) in [4.78, 5) is 4.54. The summed E-state index contributed by atoms with van der Waals surface area (Å²) in [5.74, 6) is 0.989. The third-order valence-corrected chi connectivity index (χ3v) is 3.38. The molecule has 1 aromatic carbocycles. The fourth-order valence-electron chi connectivity index (χ4n) is 2.24. The SMILES string of the molecule is CCNc1ncc(CNC2CC2)c2ccccc12. The second-order valence-electron chi connectivity index (χ2n) is 4.86. The zero-order chi connectivity index (χ0) is 12.4. The van der Waals surface area contributed by atoms with Crippen molar-refractivity contribution in [1.82, 2.24) is 10.3 Å². The van der Waals surface area contributed by atoms with Crippen molar-refractivity contribution in [3.8, 4) is 0 Å². The van der Waals surface area contributed by atoms with E-state index in [2.05, 4.69) is 46.8 Å². The third kappa shape index (κ3) is 2.31. The van der Waals surface area contributed by atoms with Crippen molar-refractivity contribution in [2.75, 3.05) is 11.9 Å². The molecule has 0 spiro atoms. The van der Waals surface area contributed by atoms with Gasteiger partial charge in [-0.3, -0.25) is 0 Å². The molecule has 18 heavy (non-hydrogen) atoms. The van der Waals surface area contributed by atoms with Gasteiger partial charge in [0.25, 0.3) is 0 Å². The van der Waals surface area contributed by atoms with Crippen LogP contribution in [0.5, 0.6) is 0 Å². The highest BCUT2D eigenvalue weighted by Crippen LogP contribution is 2.25. The van der Waals surface area contributed by atoms with Crippen LogP contribution in [0.15, 0.2) is 30.5 Å². The molecule has 1 aliphatic rings. The largest absolute Gasteiger partial charge is 0.370 e. The maximum absolute atomic E-state index is 4.54. The minimum Gasteiger partial charge on any atom is -0.370 e. The lowest BCUT2D eigenvalue weighted by Gasteiger charge is -2.11. The van der Waals surface area contributed by atoms with E-state index in [1.165, 1.54) is 29.2 Å². The molecule has 0 aliphatic heterocycles. The van der Waals surface area contributed by atoms with Crippen molar-refractivity contribution in [2.45, 2.75) is 32.4 Å². The van der Waals surface area contributed by atoms with Crippen LogP contribution in [0.1, 0.15) is 25.3 Å². The van der Waals surface area contributed by atoms with Gasteiger partial charge < -0.3 is 10.6 Å². The quantitative estimate of drug-likeness (QED) is 0.845. The lowest BCUT2D eigenvalue weighted by Crippen LogP contribution is -2.16. The first-order valence-electron chi connectivity index (χ1n) is 6.72. The summed E-state index contributed by atoms with van der Waals surface area (Å²) < 4.78 is 0. The summed E-state index contributed by atoms with van der Waals surface area (Å²) in [6.45, 7) is 3.92. The van der Waals surface area contributed by atoms with Crippen molar-refractivity contribution < 1.29 is 0 Å². The number of aromatic nitrogens is 1. The average molecular weight is 241 g/mol. The van der Waals surface area contributed by atoms with Gasteiger partial charge in [-0.2, -0.15) is 0 Å². The van der Waals surface area contributed by atoms with Gasteiger partial charge in [0.05, 0.1) is 0 Å². The molecular weight excluding hydrogens is 222 g/mol. The first-order chi connectivity index (χ1) is 8.88. The van der Waals surface area contributed by atoms with Crippen LogP contribution in [-0.2, 0) is 6.54 Å². The van der Waals surface area contributed by atoms with E-state index in [1.807, 2.05) is 6.20 Å². The first kappa shape index (κ1) is 11.5. The second-order valence-corrected chi connectivity index (χ2v) is 4.86. The van der Waals surface area contributed by atoms with Gasteiger partial charge in [0.1, 0.15) is 5.82 Å². The predicted octanol–water partition coefficient (Wildman–Crippen LogP) is 2.92. The number of nitrogens with zero attached hydrogens (tertiary/aromatic N) is 1. The van der Waals surface area contributed by atoms with E-state index >= 15 is 0 Å². The molecule has 3 heteroatoms. The predicted molar refractivity (Wildman–Crippen MR) is 75.8 cm³/mol. The Hall–Kier alpha value is -1.61. The Balaban J connectivity index is 1.95. The van der Waals surface area contributed by atoms with Crippen LogP contribution in [0, 0.1) is 0 Å². The fourth-order valence-corrected chi connectivity index (χ4v) is 2.24. The van der Waals surface area contributed by atoms with E-state index in [0.717, 1.165) is 24.9 Å². The Morgan fingerprint density at radius 3 is 2.72 bits per heavy atom. The van der Waals surface area contributed by atoms with Crippen LogP contribution in [0.4, 0.5) is 5.82 Å². The molecule has 1 aliphatic carbocycles. The number of anilines is 1. The fraction of sp³-hybridized carbons (Fsp3) is 0.400. The minimum atomic E-state index is 0.734. The van der Waals surface area contributed by atoms with Gasteiger partial charge in [0.2, 0.25) is 0 Å². The lowest BCUT2D eigenvalue weighted by atomic mass is 10.1. The first-order valence-corrected chi connectivity index (χ1v) is 6.72. The molecule has 1 heterocycles. The van der Waals surface area contributed by atoms with Crippen LogP contribution >= 0.6 is 0 Å². The van der Waals surface area contributed by atoms with E-state index in [0.29, 0.717) is 0 Å². The van der Waals surface area contributed by atoms with Gasteiger partial charge in [-0.15, -0.1) is 0 Å². The topological polar surface area (TPSA) is 37.0 Å². The minimum absolute atomic E-state index is 0.734. The number of hydrogen-bond acceptors (Lipinski definition) is 3. The van der Waals surface area contributed by atoms with Crippen LogP contribution in [0.2, 0.25) is 0 Å². The van der Waals surface area contributed by atoms with E-state index in [1.54, 1.807) is 0 Å². The highest BCUT2D eigenvalue weighted by molar-refractivity contribution is 5.93. The normalized spacial score (nSPS) is 14.9. The van der Waals surface area contributed by atoms with Gasteiger partial charge in [-0.05, 0) is 30.7 Å². The molecule has 0 saturated heterocycles. The van der Waals surface area contributed by atoms with Crippen LogP contribution in [-0.4, -0.2) is 17.6 Å². The maximum atomic E-state index is 4.54. The zero-order valence-electron chi connectivity index (χ0n) is 10.7. The molecule has 0 amide bonds. The summed E-state index contributed by atoms with van der Waals surface area (Å²) in [6.07, 6.45) is 4.64. The van der Waals surface area contributed by atoms with Crippen molar-refractivity contribution in [3.63, 3.8) is 0 Å². The van der Waals surface area contributed by atoms with Crippen LogP contribution in [0.25, 0.3) is 10.8 Å². The third-order valence-electron chi connectivity index (χ3n) is 3.38. The second kappa shape index (κ2) is 4.94. The van der Waals surface area contributed by atoms with Crippen LogP contribution < -0.4 is 10.6 Å². The monoisotopic (exact) mass is 241 g/mol. The molecule has 2 aromatic rings. The molecule has 1 aromatic heterocycles. The number of pyridine rings is 1. The maximum Gasteiger partial charge on any atom is 0.133 e. The van der Waals surface area contributed by atoms with Gasteiger partial charge in [0.15, 0.2) is 0 Å². The standard InChI is InChI=1S/C15H19N3/c1-2-16-15-14-6-4-3-5-13(14)11(10-18-15)9-17-12-7-8-12/h3-6,10,12,17H,2,7-9H2,1H3,(H,16,18). The Morgan fingerprint density at radius 1 is 1.22 bits per heavy atom. The van der Waals surface area contributed by atoms with Gasteiger partial charge >= 0.3 is 0 Å². The van der Waals surface area contributed by atoms with Crippen LogP contribution in [0.3, 0.4) is 0 Å². The number of benzene rings is 1. The van der Waals surface area contributed by atoms with E-state index in [9.17, 15) is 0 Å². The highest BCUT2D eigenvalue weighted by Gasteiger charge is 2.20. The Kier molecular flexibility index (Phi) is 3.15. The van der Waals surface area contributed by atoms with Crippen molar-refractivity contribution in [2.24, 2.45) is 0 Å². The smallest absolute Gasteiger partial charge is 0.133 e. The molecule has 0 atom stereocenters. The van der Waals surface area contributed by atoms with Gasteiger partial charge in [-0.1, -0.05) is 24.3 Å². The van der Waals surface area contributed by atoms with Gasteiger partial charge in [-0.25, -0.2) is 4.98 Å². The average Bonchev–Trinajstić information content (AvgIpc) is 3.22. The molecule has 0 unspecified atom stereocenters. The molecule has 1 fully saturated rings. The van der Waals surface area contributed by atoms with E-state index in [4.69, 9.17) is 0 Å². The Labute approximate surface area is 108 Å². The summed E-state index contributed by atoms with van der Waals surface area (Å²) in [5.41, 5.74) is 1.29. The Morgan fingerprint density at radius 2 is 2.00 bits per heavy atom. The number of nitrogens with one attached hydrogen (secondary N) is 2. The Bertz CT molecular complexity index is 546. The number of hydrogen-bond donors (Lipinski definition) is 2. The summed E-state index contributed by atoms with van der Waals surface area (Å²) in [5, 5.41) is 9.40. The number of rotatable bonds is 5. The zero-order valence-corrected chi connectivity index (χ0v) is 10.7. The molecule has 0 radical (unpaired) electrons. The molecule has 2 N–H and O–H groups in total. The van der Waals surface area contributed by atoms with Crippen molar-refractivity contribution in [3.05, 3.63) is 36.0 Å². The number of fused-ring (bicyclic) bond motifs is 1. The molecule has 3 rings (SSSR count). The molecular formula is C15H19N3. The molecule has 94 valence electrons. The van der Waals surface area contributed by atoms with Crippen molar-refractivity contribution >= 4 is 16.6 Å².